The van der Waals surface area contributed by atoms with Crippen molar-refractivity contribution in [3.63, 3.8) is 0 Å². The van der Waals surface area contributed by atoms with E-state index in [1.54, 1.807) is 20.8 Å². The lowest BCUT2D eigenvalue weighted by atomic mass is 10.0. The number of nitro groups is 1. The lowest BCUT2D eigenvalue weighted by Crippen LogP contribution is -2.39. The first kappa shape index (κ1) is 13.4. The second-order valence-electron chi connectivity index (χ2n) is 4.44. The molecule has 1 atom stereocenters. The Morgan fingerprint density at radius 2 is 2.12 bits per heavy atom. The van der Waals surface area contributed by atoms with Crippen LogP contribution in [0.15, 0.2) is 18.2 Å². The number of aliphatic hydroxyl groups is 1. The van der Waals surface area contributed by atoms with Crippen LogP contribution in [-0.2, 0) is 0 Å². The SMILES string of the molecule is CC(Nc1cc([N+](=O)[O-])ccc1F)C(C)(C)O. The molecule has 94 valence electrons. The molecular weight excluding hydrogens is 227 g/mol. The van der Waals surface area contributed by atoms with Gasteiger partial charge in [-0.3, -0.25) is 10.1 Å². The summed E-state index contributed by atoms with van der Waals surface area (Å²) in [4.78, 5) is 9.96. The molecule has 1 rings (SSSR count). The largest absolute Gasteiger partial charge is 0.388 e. The Hall–Kier alpha value is -1.69. The second-order valence-corrected chi connectivity index (χ2v) is 4.44. The fourth-order valence-corrected chi connectivity index (χ4v) is 1.15. The van der Waals surface area contributed by atoms with Crippen molar-refractivity contribution in [3.05, 3.63) is 34.1 Å². The Labute approximate surface area is 98.4 Å². The maximum Gasteiger partial charge on any atom is 0.271 e. The molecule has 0 amide bonds. The summed E-state index contributed by atoms with van der Waals surface area (Å²) < 4.78 is 13.4. The normalized spacial score (nSPS) is 13.2. The van der Waals surface area contributed by atoms with Gasteiger partial charge in [0.2, 0.25) is 0 Å². The Morgan fingerprint density at radius 1 is 1.53 bits per heavy atom. The molecule has 0 saturated heterocycles. The summed E-state index contributed by atoms with van der Waals surface area (Å²) in [5.74, 6) is -0.591. The lowest BCUT2D eigenvalue weighted by molar-refractivity contribution is -0.384. The molecule has 0 bridgehead atoms. The molecule has 1 aromatic carbocycles. The van der Waals surface area contributed by atoms with Gasteiger partial charge in [-0.15, -0.1) is 0 Å². The third kappa shape index (κ3) is 3.39. The third-order valence-corrected chi connectivity index (χ3v) is 2.59. The first-order valence-corrected chi connectivity index (χ1v) is 5.14. The van der Waals surface area contributed by atoms with Crippen molar-refractivity contribution in [2.45, 2.75) is 32.4 Å². The van der Waals surface area contributed by atoms with Gasteiger partial charge in [0.25, 0.3) is 5.69 Å². The zero-order chi connectivity index (χ0) is 13.2. The van der Waals surface area contributed by atoms with Crippen LogP contribution in [0.5, 0.6) is 0 Å². The number of anilines is 1. The average Bonchev–Trinajstić information content (AvgIpc) is 2.19. The maximum atomic E-state index is 13.4. The maximum absolute atomic E-state index is 13.4. The summed E-state index contributed by atoms with van der Waals surface area (Å²) >= 11 is 0. The highest BCUT2D eigenvalue weighted by atomic mass is 19.1. The predicted octanol–water partition coefficient (Wildman–Crippen LogP) is 2.31. The molecular formula is C11H15FN2O3. The molecule has 0 aliphatic rings. The highest BCUT2D eigenvalue weighted by Crippen LogP contribution is 2.23. The molecule has 0 aliphatic carbocycles. The first-order valence-electron chi connectivity index (χ1n) is 5.14. The monoisotopic (exact) mass is 242 g/mol. The molecule has 1 aromatic rings. The minimum absolute atomic E-state index is 0.00817. The van der Waals surface area contributed by atoms with Gasteiger partial charge in [0.15, 0.2) is 0 Å². The molecule has 0 saturated carbocycles. The van der Waals surface area contributed by atoms with Crippen molar-refractivity contribution in [2.24, 2.45) is 0 Å². The van der Waals surface area contributed by atoms with Crippen LogP contribution < -0.4 is 5.32 Å². The molecule has 5 nitrogen and oxygen atoms in total. The van der Waals surface area contributed by atoms with Crippen LogP contribution in [0.1, 0.15) is 20.8 Å². The Morgan fingerprint density at radius 3 is 2.59 bits per heavy atom. The van der Waals surface area contributed by atoms with Crippen LogP contribution in [0, 0.1) is 15.9 Å². The first-order chi connectivity index (χ1) is 7.71. The summed E-state index contributed by atoms with van der Waals surface area (Å²) in [6.45, 7) is 4.80. The van der Waals surface area contributed by atoms with Crippen molar-refractivity contribution in [1.82, 2.24) is 0 Å². The van der Waals surface area contributed by atoms with E-state index in [4.69, 9.17) is 0 Å². The fraction of sp³-hybridized carbons (Fsp3) is 0.455. The number of nitrogens with zero attached hydrogens (tertiary/aromatic N) is 1. The number of benzene rings is 1. The van der Waals surface area contributed by atoms with E-state index in [0.29, 0.717) is 0 Å². The zero-order valence-corrected chi connectivity index (χ0v) is 9.90. The lowest BCUT2D eigenvalue weighted by Gasteiger charge is -2.27. The number of hydrogen-bond acceptors (Lipinski definition) is 4. The van der Waals surface area contributed by atoms with Crippen molar-refractivity contribution in [1.29, 1.82) is 0 Å². The predicted molar refractivity (Wildman–Crippen MR) is 62.4 cm³/mol. The molecule has 0 spiro atoms. The van der Waals surface area contributed by atoms with Crippen LogP contribution >= 0.6 is 0 Å². The second kappa shape index (κ2) is 4.67. The van der Waals surface area contributed by atoms with Gasteiger partial charge in [0.1, 0.15) is 5.82 Å². The Bertz CT molecular complexity index is 429. The van der Waals surface area contributed by atoms with E-state index < -0.39 is 22.4 Å². The summed E-state index contributed by atoms with van der Waals surface area (Å²) in [5.41, 5.74) is -1.25. The van der Waals surface area contributed by atoms with Crippen molar-refractivity contribution >= 4 is 11.4 Å². The van der Waals surface area contributed by atoms with Gasteiger partial charge in [-0.25, -0.2) is 4.39 Å². The highest BCUT2D eigenvalue weighted by Gasteiger charge is 2.23. The highest BCUT2D eigenvalue weighted by molar-refractivity contribution is 5.53. The third-order valence-electron chi connectivity index (χ3n) is 2.59. The van der Waals surface area contributed by atoms with Gasteiger partial charge >= 0.3 is 0 Å². The van der Waals surface area contributed by atoms with Gasteiger partial charge in [0, 0.05) is 12.1 Å². The van der Waals surface area contributed by atoms with E-state index >= 15 is 0 Å². The summed E-state index contributed by atoms with van der Waals surface area (Å²) in [6, 6.07) is 2.78. The molecule has 0 aliphatic heterocycles. The van der Waals surface area contributed by atoms with E-state index in [-0.39, 0.29) is 11.4 Å². The number of nitro benzene ring substituents is 1. The van der Waals surface area contributed by atoms with E-state index in [1.165, 1.54) is 0 Å². The quantitative estimate of drug-likeness (QED) is 0.627. The number of nitrogens with one attached hydrogen (secondary N) is 1. The van der Waals surface area contributed by atoms with Crippen molar-refractivity contribution < 1.29 is 14.4 Å². The van der Waals surface area contributed by atoms with Crippen LogP contribution in [0.25, 0.3) is 0 Å². The molecule has 2 N–H and O–H groups in total. The summed E-state index contributed by atoms with van der Waals surface area (Å²) in [5, 5.41) is 23.0. The van der Waals surface area contributed by atoms with E-state index in [1.807, 2.05) is 0 Å². The minimum Gasteiger partial charge on any atom is -0.388 e. The minimum atomic E-state index is -1.06. The molecule has 0 fully saturated rings. The van der Waals surface area contributed by atoms with Gasteiger partial charge in [-0.1, -0.05) is 0 Å². The zero-order valence-electron chi connectivity index (χ0n) is 9.90. The van der Waals surface area contributed by atoms with Crippen LogP contribution in [0.2, 0.25) is 0 Å². The Balaban J connectivity index is 2.98. The van der Waals surface area contributed by atoms with E-state index in [2.05, 4.69) is 5.32 Å². The number of non-ortho nitro benzene ring substituents is 1. The van der Waals surface area contributed by atoms with Crippen molar-refractivity contribution in [2.75, 3.05) is 5.32 Å². The smallest absolute Gasteiger partial charge is 0.271 e. The number of hydrogen-bond donors (Lipinski definition) is 2. The molecule has 0 aromatic heterocycles. The van der Waals surface area contributed by atoms with E-state index in [0.717, 1.165) is 18.2 Å². The molecule has 1 unspecified atom stereocenters. The summed E-state index contributed by atoms with van der Waals surface area (Å²) in [7, 11) is 0. The molecule has 0 heterocycles. The standard InChI is InChI=1S/C11H15FN2O3/c1-7(11(2,3)15)13-10-6-8(14(16)17)4-5-9(10)12/h4-7,13,15H,1-3H3. The topological polar surface area (TPSA) is 75.4 Å². The van der Waals surface area contributed by atoms with Crippen molar-refractivity contribution in [3.8, 4) is 0 Å². The fourth-order valence-electron chi connectivity index (χ4n) is 1.15. The van der Waals surface area contributed by atoms with Crippen LogP contribution in [0.4, 0.5) is 15.8 Å². The summed E-state index contributed by atoms with van der Waals surface area (Å²) in [6.07, 6.45) is 0. The molecule has 6 heteroatoms. The molecule has 17 heavy (non-hydrogen) atoms. The van der Waals surface area contributed by atoms with E-state index in [9.17, 15) is 19.6 Å². The van der Waals surface area contributed by atoms with Gasteiger partial charge in [0.05, 0.1) is 22.3 Å². The van der Waals surface area contributed by atoms with Gasteiger partial charge in [-0.2, -0.15) is 0 Å². The number of halogens is 1. The number of rotatable bonds is 4. The van der Waals surface area contributed by atoms with Gasteiger partial charge < -0.3 is 10.4 Å². The average molecular weight is 242 g/mol. The molecule has 0 radical (unpaired) electrons. The van der Waals surface area contributed by atoms with Gasteiger partial charge in [-0.05, 0) is 26.8 Å². The Kier molecular flexibility index (Phi) is 3.67. The van der Waals surface area contributed by atoms with Crippen LogP contribution in [0.3, 0.4) is 0 Å². The van der Waals surface area contributed by atoms with Crippen LogP contribution in [-0.4, -0.2) is 21.7 Å².